The van der Waals surface area contributed by atoms with Crippen LogP contribution in [0.1, 0.15) is 39.7 Å². The zero-order chi connectivity index (χ0) is 18.8. The fourth-order valence-corrected chi connectivity index (χ4v) is 4.67. The van der Waals surface area contributed by atoms with Gasteiger partial charge in [-0.2, -0.15) is 0 Å². The maximum atomic E-state index is 12.3. The number of carbonyl (C=O) groups excluding carboxylic acids is 2. The van der Waals surface area contributed by atoms with Gasteiger partial charge in [-0.1, -0.05) is 18.5 Å². The summed E-state index contributed by atoms with van der Waals surface area (Å²) >= 11 is 7.42. The zero-order valence-corrected chi connectivity index (χ0v) is 16.3. The van der Waals surface area contributed by atoms with Crippen molar-refractivity contribution < 1.29 is 14.3 Å². The third kappa shape index (κ3) is 4.02. The lowest BCUT2D eigenvalue weighted by Crippen LogP contribution is -2.22. The highest BCUT2D eigenvalue weighted by Crippen LogP contribution is 2.39. The summed E-state index contributed by atoms with van der Waals surface area (Å²) in [6.07, 6.45) is 2.76. The molecule has 0 fully saturated rings. The van der Waals surface area contributed by atoms with Crippen LogP contribution >= 0.6 is 22.9 Å². The van der Waals surface area contributed by atoms with Crippen molar-refractivity contribution in [3.05, 3.63) is 44.8 Å². The first-order chi connectivity index (χ1) is 12.3. The van der Waals surface area contributed by atoms with E-state index in [1.807, 2.05) is 6.92 Å². The third-order valence-corrected chi connectivity index (χ3v) is 6.10. The van der Waals surface area contributed by atoms with Gasteiger partial charge in [0.05, 0.1) is 5.56 Å². The van der Waals surface area contributed by atoms with Gasteiger partial charge in [-0.25, -0.2) is 0 Å². The molecule has 2 aromatic rings. The molecule has 1 aromatic heterocycles. The Bertz CT molecular complexity index is 863. The van der Waals surface area contributed by atoms with Gasteiger partial charge in [0, 0.05) is 9.90 Å². The summed E-state index contributed by atoms with van der Waals surface area (Å²) in [4.78, 5) is 25.3. The number of thiophene rings is 1. The van der Waals surface area contributed by atoms with E-state index in [1.54, 1.807) is 18.2 Å². The predicted molar refractivity (Wildman–Crippen MR) is 104 cm³/mol. The van der Waals surface area contributed by atoms with Gasteiger partial charge in [0.15, 0.2) is 6.61 Å². The van der Waals surface area contributed by atoms with E-state index in [0.29, 0.717) is 27.3 Å². The summed E-state index contributed by atoms with van der Waals surface area (Å²) in [5.74, 6) is 0.312. The van der Waals surface area contributed by atoms with E-state index in [-0.39, 0.29) is 12.5 Å². The molecule has 1 aromatic carbocycles. The van der Waals surface area contributed by atoms with Gasteiger partial charge >= 0.3 is 0 Å². The predicted octanol–water partition coefficient (Wildman–Crippen LogP) is 3.95. The molecule has 2 amide bonds. The molecule has 0 radical (unpaired) electrons. The smallest absolute Gasteiger partial charge is 0.262 e. The number of hydrogen-bond acceptors (Lipinski definition) is 4. The SMILES string of the molecule is Cc1cc(OCC(=O)Nc2sc3c(c2C(N)=O)CC[C@@H](C)C3)ccc1Cl. The van der Waals surface area contributed by atoms with Crippen LogP contribution in [0.3, 0.4) is 0 Å². The average molecular weight is 393 g/mol. The lowest BCUT2D eigenvalue weighted by atomic mass is 9.88. The van der Waals surface area contributed by atoms with Crippen LogP contribution in [0.15, 0.2) is 18.2 Å². The molecule has 0 bridgehead atoms. The van der Waals surface area contributed by atoms with Crippen molar-refractivity contribution in [1.29, 1.82) is 0 Å². The number of aryl methyl sites for hydroxylation is 1. The Morgan fingerprint density at radius 2 is 2.19 bits per heavy atom. The first kappa shape index (κ1) is 18.7. The molecule has 138 valence electrons. The van der Waals surface area contributed by atoms with Crippen molar-refractivity contribution in [2.45, 2.75) is 33.1 Å². The van der Waals surface area contributed by atoms with Crippen LogP contribution in [-0.2, 0) is 17.6 Å². The summed E-state index contributed by atoms with van der Waals surface area (Å²) in [7, 11) is 0. The molecule has 1 aliphatic carbocycles. The van der Waals surface area contributed by atoms with Crippen molar-refractivity contribution in [3.8, 4) is 5.75 Å². The topological polar surface area (TPSA) is 81.4 Å². The van der Waals surface area contributed by atoms with Crippen molar-refractivity contribution in [1.82, 2.24) is 0 Å². The number of hydrogen-bond donors (Lipinski definition) is 2. The number of nitrogens with two attached hydrogens (primary N) is 1. The zero-order valence-electron chi connectivity index (χ0n) is 14.7. The third-order valence-electron chi connectivity index (χ3n) is 4.51. The minimum absolute atomic E-state index is 0.155. The Hall–Kier alpha value is -2.05. The summed E-state index contributed by atoms with van der Waals surface area (Å²) in [6, 6.07) is 5.21. The molecule has 0 unspecified atom stereocenters. The summed E-state index contributed by atoms with van der Waals surface area (Å²) in [6.45, 7) is 3.90. The maximum Gasteiger partial charge on any atom is 0.262 e. The van der Waals surface area contributed by atoms with Gasteiger partial charge in [0.25, 0.3) is 11.8 Å². The van der Waals surface area contributed by atoms with Crippen molar-refractivity contribution >= 4 is 39.8 Å². The van der Waals surface area contributed by atoms with Crippen LogP contribution in [0.25, 0.3) is 0 Å². The molecular weight excluding hydrogens is 372 g/mol. The molecular formula is C19H21ClN2O3S. The highest BCUT2D eigenvalue weighted by atomic mass is 35.5. The standard InChI is InChI=1S/C19H21ClN2O3S/c1-10-3-5-13-15(7-10)26-19(17(13)18(21)24)22-16(23)9-25-12-4-6-14(20)11(2)8-12/h4,6,8,10H,3,5,7,9H2,1-2H3,(H2,21,24)(H,22,23)/t10-/m1/s1. The Labute approximate surface area is 161 Å². The fourth-order valence-electron chi connectivity index (χ4n) is 3.12. The van der Waals surface area contributed by atoms with Crippen LogP contribution in [-0.4, -0.2) is 18.4 Å². The van der Waals surface area contributed by atoms with Crippen LogP contribution in [0.5, 0.6) is 5.75 Å². The molecule has 1 heterocycles. The molecule has 0 spiro atoms. The van der Waals surface area contributed by atoms with Crippen LogP contribution in [0, 0.1) is 12.8 Å². The molecule has 7 heteroatoms. The van der Waals surface area contributed by atoms with Crippen LogP contribution < -0.4 is 15.8 Å². The number of amides is 2. The highest BCUT2D eigenvalue weighted by Gasteiger charge is 2.27. The number of ether oxygens (including phenoxy) is 1. The molecule has 0 saturated carbocycles. The minimum Gasteiger partial charge on any atom is -0.484 e. The maximum absolute atomic E-state index is 12.3. The van der Waals surface area contributed by atoms with E-state index >= 15 is 0 Å². The first-order valence-corrected chi connectivity index (χ1v) is 9.67. The van der Waals surface area contributed by atoms with E-state index in [2.05, 4.69) is 12.2 Å². The molecule has 5 nitrogen and oxygen atoms in total. The van der Waals surface area contributed by atoms with Gasteiger partial charge in [0.2, 0.25) is 0 Å². The number of anilines is 1. The van der Waals surface area contributed by atoms with Gasteiger partial charge in [0.1, 0.15) is 10.8 Å². The quantitative estimate of drug-likeness (QED) is 0.808. The Morgan fingerprint density at radius 1 is 1.42 bits per heavy atom. The second kappa shape index (κ2) is 7.68. The van der Waals surface area contributed by atoms with Gasteiger partial charge < -0.3 is 15.8 Å². The van der Waals surface area contributed by atoms with Gasteiger partial charge in [-0.05, 0) is 61.4 Å². The Kier molecular flexibility index (Phi) is 5.53. The number of nitrogens with one attached hydrogen (secondary N) is 1. The highest BCUT2D eigenvalue weighted by molar-refractivity contribution is 7.17. The number of carbonyl (C=O) groups is 2. The van der Waals surface area contributed by atoms with Crippen molar-refractivity contribution in [2.24, 2.45) is 11.7 Å². The molecule has 0 aliphatic heterocycles. The van der Waals surface area contributed by atoms with E-state index < -0.39 is 5.91 Å². The summed E-state index contributed by atoms with van der Waals surface area (Å²) in [5.41, 5.74) is 7.88. The van der Waals surface area contributed by atoms with Crippen molar-refractivity contribution in [3.63, 3.8) is 0 Å². The van der Waals surface area contributed by atoms with Crippen LogP contribution in [0.4, 0.5) is 5.00 Å². The minimum atomic E-state index is -0.499. The second-order valence-corrected chi connectivity index (χ2v) is 8.18. The van der Waals surface area contributed by atoms with Gasteiger partial charge in [-0.3, -0.25) is 9.59 Å². The molecule has 0 saturated heterocycles. The Morgan fingerprint density at radius 3 is 2.88 bits per heavy atom. The lowest BCUT2D eigenvalue weighted by Gasteiger charge is -2.18. The van der Waals surface area contributed by atoms with E-state index in [0.717, 1.165) is 35.3 Å². The van der Waals surface area contributed by atoms with Crippen molar-refractivity contribution in [2.75, 3.05) is 11.9 Å². The monoisotopic (exact) mass is 392 g/mol. The summed E-state index contributed by atoms with van der Waals surface area (Å²) < 4.78 is 5.51. The van der Waals surface area contributed by atoms with E-state index in [4.69, 9.17) is 22.1 Å². The fraction of sp³-hybridized carbons (Fsp3) is 0.368. The van der Waals surface area contributed by atoms with Crippen LogP contribution in [0.2, 0.25) is 5.02 Å². The van der Waals surface area contributed by atoms with Gasteiger partial charge in [-0.15, -0.1) is 11.3 Å². The Balaban J connectivity index is 1.71. The molecule has 3 N–H and O–H groups in total. The average Bonchev–Trinajstić information content (AvgIpc) is 2.92. The largest absolute Gasteiger partial charge is 0.484 e. The van der Waals surface area contributed by atoms with E-state index in [9.17, 15) is 9.59 Å². The number of rotatable bonds is 5. The molecule has 3 rings (SSSR count). The normalized spacial score (nSPS) is 16.0. The number of primary amides is 1. The molecule has 1 aliphatic rings. The number of benzene rings is 1. The molecule has 26 heavy (non-hydrogen) atoms. The van der Waals surface area contributed by atoms with E-state index in [1.165, 1.54) is 11.3 Å². The molecule has 1 atom stereocenters. The summed E-state index contributed by atoms with van der Waals surface area (Å²) in [5, 5.41) is 3.96. The number of fused-ring (bicyclic) bond motifs is 1. The second-order valence-electron chi connectivity index (χ2n) is 6.67. The lowest BCUT2D eigenvalue weighted by molar-refractivity contribution is -0.118. The first-order valence-electron chi connectivity index (χ1n) is 8.48. The number of halogens is 1.